The Morgan fingerprint density at radius 2 is 2.08 bits per heavy atom. The van der Waals surface area contributed by atoms with Crippen molar-refractivity contribution in [2.45, 2.75) is 24.1 Å². The third kappa shape index (κ3) is 3.64. The number of rotatable bonds is 5. The molecule has 1 aliphatic heterocycles. The summed E-state index contributed by atoms with van der Waals surface area (Å²) in [6.45, 7) is 1.13. The van der Waals surface area contributed by atoms with Crippen LogP contribution >= 0.6 is 11.8 Å². The number of nitrogens with zero attached hydrogens (tertiary/aromatic N) is 4. The molecule has 0 spiro atoms. The molecule has 2 aromatic carbocycles. The molecule has 2 heterocycles. The first-order valence-electron chi connectivity index (χ1n) is 7.74. The van der Waals surface area contributed by atoms with Crippen molar-refractivity contribution < 1.29 is 13.9 Å². The number of fused-ring (bicyclic) bond motifs is 1. The third-order valence-corrected chi connectivity index (χ3v) is 4.79. The van der Waals surface area contributed by atoms with Crippen LogP contribution in [-0.4, -0.2) is 27.0 Å². The first-order valence-corrected chi connectivity index (χ1v) is 8.73. The predicted octanol–water partition coefficient (Wildman–Crippen LogP) is 3.02. The molecule has 0 bridgehead atoms. The Hall–Kier alpha value is -2.45. The molecule has 0 fully saturated rings. The third-order valence-electron chi connectivity index (χ3n) is 3.78. The lowest BCUT2D eigenvalue weighted by atomic mass is 10.1. The van der Waals surface area contributed by atoms with Gasteiger partial charge in [-0.1, -0.05) is 42.1 Å². The summed E-state index contributed by atoms with van der Waals surface area (Å²) < 4.78 is 26.3. The lowest BCUT2D eigenvalue weighted by Gasteiger charge is -2.20. The number of thioether (sulfide) groups is 1. The Kier molecular flexibility index (Phi) is 4.62. The van der Waals surface area contributed by atoms with Gasteiger partial charge in [0.05, 0.1) is 13.2 Å². The van der Waals surface area contributed by atoms with E-state index in [4.69, 9.17) is 9.47 Å². The van der Waals surface area contributed by atoms with Crippen LogP contribution in [0.4, 0.5) is 4.39 Å². The largest absolute Gasteiger partial charge is 0.467 e. The van der Waals surface area contributed by atoms with Crippen LogP contribution in [0.2, 0.25) is 0 Å². The maximum atomic E-state index is 13.8. The Morgan fingerprint density at radius 1 is 1.20 bits per heavy atom. The normalized spacial score (nSPS) is 13.3. The summed E-state index contributed by atoms with van der Waals surface area (Å²) in [5.41, 5.74) is 2.61. The minimum Gasteiger partial charge on any atom is -0.467 e. The zero-order chi connectivity index (χ0) is 17.1. The molecule has 0 aliphatic carbocycles. The quantitative estimate of drug-likeness (QED) is 0.654. The molecule has 128 valence electrons. The summed E-state index contributed by atoms with van der Waals surface area (Å²) in [6, 6.07) is 12.9. The molecule has 25 heavy (non-hydrogen) atoms. The molecule has 6 nitrogen and oxygen atoms in total. The topological polar surface area (TPSA) is 62.1 Å². The van der Waals surface area contributed by atoms with Gasteiger partial charge >= 0.3 is 0 Å². The number of benzene rings is 2. The van der Waals surface area contributed by atoms with Crippen molar-refractivity contribution in [1.82, 2.24) is 20.2 Å². The van der Waals surface area contributed by atoms with Crippen molar-refractivity contribution in [1.29, 1.82) is 0 Å². The van der Waals surface area contributed by atoms with Gasteiger partial charge in [-0.15, -0.1) is 5.10 Å². The van der Waals surface area contributed by atoms with Crippen molar-refractivity contribution in [3.63, 3.8) is 0 Å². The molecule has 0 radical (unpaired) electrons. The van der Waals surface area contributed by atoms with Crippen LogP contribution in [-0.2, 0) is 23.6 Å². The molecule has 3 aromatic rings. The van der Waals surface area contributed by atoms with Gasteiger partial charge < -0.3 is 9.47 Å². The van der Waals surface area contributed by atoms with Crippen LogP contribution < -0.4 is 4.74 Å². The lowest BCUT2D eigenvalue weighted by molar-refractivity contribution is -0.0171. The van der Waals surface area contributed by atoms with E-state index in [9.17, 15) is 4.39 Å². The maximum Gasteiger partial charge on any atom is 0.209 e. The molecule has 4 rings (SSSR count). The van der Waals surface area contributed by atoms with Gasteiger partial charge in [0.1, 0.15) is 11.6 Å². The van der Waals surface area contributed by atoms with E-state index in [-0.39, 0.29) is 12.6 Å². The van der Waals surface area contributed by atoms with E-state index in [0.29, 0.717) is 29.8 Å². The van der Waals surface area contributed by atoms with E-state index < -0.39 is 0 Å². The molecule has 0 atom stereocenters. The Bertz CT molecular complexity index is 872. The van der Waals surface area contributed by atoms with E-state index in [0.717, 1.165) is 16.7 Å². The zero-order valence-electron chi connectivity index (χ0n) is 13.3. The first-order chi connectivity index (χ1) is 12.3. The van der Waals surface area contributed by atoms with Gasteiger partial charge in [0.25, 0.3) is 0 Å². The maximum absolute atomic E-state index is 13.8. The summed E-state index contributed by atoms with van der Waals surface area (Å²) in [4.78, 5) is 0. The van der Waals surface area contributed by atoms with Crippen LogP contribution in [0.5, 0.6) is 5.75 Å². The van der Waals surface area contributed by atoms with E-state index in [2.05, 4.69) is 15.5 Å². The summed E-state index contributed by atoms with van der Waals surface area (Å²) in [7, 11) is 0. The van der Waals surface area contributed by atoms with Gasteiger partial charge in [0.2, 0.25) is 5.16 Å². The molecular weight excluding hydrogens is 343 g/mol. The Labute approximate surface area is 147 Å². The average Bonchev–Trinajstić information content (AvgIpc) is 3.07. The predicted molar refractivity (Wildman–Crippen MR) is 89.6 cm³/mol. The van der Waals surface area contributed by atoms with Gasteiger partial charge in [-0.25, -0.2) is 9.07 Å². The molecule has 0 saturated carbocycles. The summed E-state index contributed by atoms with van der Waals surface area (Å²) in [5.74, 6) is 0.907. The van der Waals surface area contributed by atoms with E-state index in [1.807, 2.05) is 30.3 Å². The molecule has 1 aliphatic rings. The van der Waals surface area contributed by atoms with E-state index in [1.165, 1.54) is 23.9 Å². The number of tetrazole rings is 1. The van der Waals surface area contributed by atoms with Crippen molar-refractivity contribution in [3.05, 3.63) is 65.0 Å². The van der Waals surface area contributed by atoms with Crippen molar-refractivity contribution >= 4 is 11.8 Å². The fourth-order valence-corrected chi connectivity index (χ4v) is 3.50. The molecular formula is C17H15FN4O2S. The summed E-state index contributed by atoms with van der Waals surface area (Å²) >= 11 is 1.45. The Balaban J connectivity index is 1.51. The minimum absolute atomic E-state index is 0.183. The van der Waals surface area contributed by atoms with Crippen LogP contribution in [0.15, 0.2) is 47.6 Å². The number of hydrogen-bond donors (Lipinski definition) is 0. The molecule has 0 saturated heterocycles. The van der Waals surface area contributed by atoms with Gasteiger partial charge in [0, 0.05) is 16.9 Å². The van der Waals surface area contributed by atoms with Crippen molar-refractivity contribution in [3.8, 4) is 5.75 Å². The zero-order valence-corrected chi connectivity index (χ0v) is 14.1. The number of halogens is 1. The highest BCUT2D eigenvalue weighted by Crippen LogP contribution is 2.33. The molecule has 0 amide bonds. The molecule has 1 aromatic heterocycles. The van der Waals surface area contributed by atoms with E-state index in [1.54, 1.807) is 4.68 Å². The van der Waals surface area contributed by atoms with Crippen LogP contribution in [0, 0.1) is 5.82 Å². The van der Waals surface area contributed by atoms with Crippen molar-refractivity contribution in [2.75, 3.05) is 6.79 Å². The fourth-order valence-electron chi connectivity index (χ4n) is 2.66. The molecule has 0 N–H and O–H groups in total. The minimum atomic E-state index is -0.299. The van der Waals surface area contributed by atoms with Crippen LogP contribution in [0.3, 0.4) is 0 Å². The second kappa shape index (κ2) is 7.20. The molecule has 8 heteroatoms. The Morgan fingerprint density at radius 3 is 2.96 bits per heavy atom. The smallest absolute Gasteiger partial charge is 0.209 e. The van der Waals surface area contributed by atoms with Gasteiger partial charge in [-0.2, -0.15) is 0 Å². The SMILES string of the molecule is Fc1cc2c(c(CSc3nnnn3Cc3ccccc3)c1)OCOC2. The average molecular weight is 358 g/mol. The van der Waals surface area contributed by atoms with E-state index >= 15 is 0 Å². The number of aromatic nitrogens is 4. The second-order valence-electron chi connectivity index (χ2n) is 5.56. The summed E-state index contributed by atoms with van der Waals surface area (Å²) in [6.07, 6.45) is 0. The number of ether oxygens (including phenoxy) is 2. The van der Waals surface area contributed by atoms with Crippen molar-refractivity contribution in [2.24, 2.45) is 0 Å². The highest BCUT2D eigenvalue weighted by molar-refractivity contribution is 7.98. The summed E-state index contributed by atoms with van der Waals surface area (Å²) in [5, 5.41) is 12.5. The standard InChI is InChI=1S/C17H15FN4O2S/c18-15-6-13-9-23-11-24-16(13)14(7-15)10-25-17-19-20-21-22(17)8-12-4-2-1-3-5-12/h1-7H,8-11H2. The second-order valence-corrected chi connectivity index (χ2v) is 6.50. The van der Waals surface area contributed by atoms with Crippen LogP contribution in [0.1, 0.15) is 16.7 Å². The lowest BCUT2D eigenvalue weighted by Crippen LogP contribution is -2.13. The first kappa shape index (κ1) is 16.0. The number of hydrogen-bond acceptors (Lipinski definition) is 6. The highest BCUT2D eigenvalue weighted by atomic mass is 32.2. The van der Waals surface area contributed by atoms with Gasteiger partial charge in [-0.05, 0) is 28.1 Å². The van der Waals surface area contributed by atoms with Gasteiger partial charge in [0.15, 0.2) is 6.79 Å². The van der Waals surface area contributed by atoms with Crippen LogP contribution in [0.25, 0.3) is 0 Å². The monoisotopic (exact) mass is 358 g/mol. The highest BCUT2D eigenvalue weighted by Gasteiger charge is 2.18. The molecule has 0 unspecified atom stereocenters. The fraction of sp³-hybridized carbons (Fsp3) is 0.235. The van der Waals surface area contributed by atoms with Gasteiger partial charge in [-0.3, -0.25) is 0 Å².